The summed E-state index contributed by atoms with van der Waals surface area (Å²) in [6.07, 6.45) is 6.36. The van der Waals surface area contributed by atoms with Crippen LogP contribution in [0.3, 0.4) is 0 Å². The van der Waals surface area contributed by atoms with Crippen LogP contribution in [-0.4, -0.2) is 11.6 Å². The van der Waals surface area contributed by atoms with Crippen LogP contribution in [0.1, 0.15) is 67.2 Å². The van der Waals surface area contributed by atoms with Gasteiger partial charge in [0.2, 0.25) is 0 Å². The molecule has 1 aliphatic carbocycles. The summed E-state index contributed by atoms with van der Waals surface area (Å²) in [7, 11) is 0. The van der Waals surface area contributed by atoms with E-state index in [0.29, 0.717) is 25.7 Å². The Morgan fingerprint density at radius 3 is 1.85 bits per heavy atom. The van der Waals surface area contributed by atoms with Gasteiger partial charge in [-0.15, -0.1) is 0 Å². The van der Waals surface area contributed by atoms with Crippen LogP contribution in [-0.2, 0) is 9.59 Å². The van der Waals surface area contributed by atoms with Crippen LogP contribution in [0.25, 0.3) is 0 Å². The van der Waals surface area contributed by atoms with Crippen LogP contribution in [0.2, 0.25) is 0 Å². The first-order valence-electron chi connectivity index (χ1n) is 7.47. The molecule has 0 aromatic carbocycles. The molecule has 1 aliphatic rings. The van der Waals surface area contributed by atoms with E-state index >= 15 is 0 Å². The van der Waals surface area contributed by atoms with Crippen LogP contribution in [0, 0.1) is 10.8 Å². The number of Topliss-reactive ketones (excluding diaryl/α,β-unsaturated/α-hetero) is 2. The van der Waals surface area contributed by atoms with E-state index in [4.69, 9.17) is 0 Å². The molecule has 0 aromatic rings. The zero-order chi connectivity index (χ0) is 15.6. The van der Waals surface area contributed by atoms with E-state index < -0.39 is 5.41 Å². The van der Waals surface area contributed by atoms with Crippen molar-refractivity contribution in [2.24, 2.45) is 10.8 Å². The van der Waals surface area contributed by atoms with Gasteiger partial charge in [-0.3, -0.25) is 9.59 Å². The molecule has 1 saturated carbocycles. The van der Waals surface area contributed by atoms with Crippen molar-refractivity contribution in [3.05, 3.63) is 23.3 Å². The van der Waals surface area contributed by atoms with Gasteiger partial charge in [-0.25, -0.2) is 0 Å². The lowest BCUT2D eigenvalue weighted by Gasteiger charge is -2.41. The fraction of sp³-hybridized carbons (Fsp3) is 0.667. The van der Waals surface area contributed by atoms with Gasteiger partial charge in [0.15, 0.2) is 5.78 Å². The third-order valence-electron chi connectivity index (χ3n) is 4.28. The van der Waals surface area contributed by atoms with Crippen molar-refractivity contribution in [1.82, 2.24) is 0 Å². The quantitative estimate of drug-likeness (QED) is 0.553. The molecular formula is C18H28O2. The molecule has 0 amide bonds. The molecule has 2 heteroatoms. The summed E-state index contributed by atoms with van der Waals surface area (Å²) in [5.74, 6) is 0.244. The Kier molecular flexibility index (Phi) is 5.12. The Balaban J connectivity index is 3.25. The maximum absolute atomic E-state index is 12.9. The topological polar surface area (TPSA) is 34.1 Å². The Morgan fingerprint density at radius 2 is 1.45 bits per heavy atom. The van der Waals surface area contributed by atoms with Crippen molar-refractivity contribution in [3.63, 3.8) is 0 Å². The highest BCUT2D eigenvalue weighted by atomic mass is 16.2. The molecule has 1 fully saturated rings. The van der Waals surface area contributed by atoms with E-state index in [9.17, 15) is 9.59 Å². The molecule has 0 bridgehead atoms. The number of hydrogen-bond donors (Lipinski definition) is 0. The van der Waals surface area contributed by atoms with Crippen LogP contribution in [0.5, 0.6) is 0 Å². The number of allylic oxidation sites excluding steroid dienone is 4. The van der Waals surface area contributed by atoms with Gasteiger partial charge in [0.1, 0.15) is 5.78 Å². The van der Waals surface area contributed by atoms with Gasteiger partial charge in [-0.1, -0.05) is 37.1 Å². The largest absolute Gasteiger partial charge is 0.299 e. The average molecular weight is 276 g/mol. The van der Waals surface area contributed by atoms with Gasteiger partial charge in [-0.05, 0) is 47.0 Å². The lowest BCUT2D eigenvalue weighted by atomic mass is 9.59. The third-order valence-corrected chi connectivity index (χ3v) is 4.28. The molecule has 1 rings (SSSR count). The number of ketones is 2. The van der Waals surface area contributed by atoms with Gasteiger partial charge in [0.25, 0.3) is 0 Å². The zero-order valence-corrected chi connectivity index (χ0v) is 13.8. The summed E-state index contributed by atoms with van der Waals surface area (Å²) < 4.78 is 0. The molecule has 0 aliphatic heterocycles. The van der Waals surface area contributed by atoms with E-state index in [-0.39, 0.29) is 17.0 Å². The summed E-state index contributed by atoms with van der Waals surface area (Å²) in [6.45, 7) is 12.0. The molecule has 2 nitrogen and oxygen atoms in total. The second-order valence-electron chi connectivity index (χ2n) is 7.19. The SMILES string of the molecule is CC(C)=CCC1(CC=C(C)C)C(=O)CCC(C)(C)C1=O. The Labute approximate surface area is 123 Å². The summed E-state index contributed by atoms with van der Waals surface area (Å²) in [5, 5.41) is 0. The first kappa shape index (κ1) is 16.9. The highest BCUT2D eigenvalue weighted by Crippen LogP contribution is 2.45. The monoisotopic (exact) mass is 276 g/mol. The second kappa shape index (κ2) is 6.07. The fourth-order valence-electron chi connectivity index (χ4n) is 2.81. The fourth-order valence-corrected chi connectivity index (χ4v) is 2.81. The van der Waals surface area contributed by atoms with Crippen molar-refractivity contribution < 1.29 is 9.59 Å². The summed E-state index contributed by atoms with van der Waals surface area (Å²) in [4.78, 5) is 25.5. The molecule has 20 heavy (non-hydrogen) atoms. The van der Waals surface area contributed by atoms with E-state index in [1.807, 2.05) is 53.7 Å². The van der Waals surface area contributed by atoms with Crippen LogP contribution in [0.15, 0.2) is 23.3 Å². The summed E-state index contributed by atoms with van der Waals surface area (Å²) in [6, 6.07) is 0. The van der Waals surface area contributed by atoms with Gasteiger partial charge in [0.05, 0.1) is 5.41 Å². The van der Waals surface area contributed by atoms with Crippen LogP contribution in [0.4, 0.5) is 0 Å². The van der Waals surface area contributed by atoms with Crippen LogP contribution >= 0.6 is 0 Å². The van der Waals surface area contributed by atoms with E-state index in [1.54, 1.807) is 0 Å². The number of rotatable bonds is 4. The molecular weight excluding hydrogens is 248 g/mol. The smallest absolute Gasteiger partial charge is 0.152 e. The highest BCUT2D eigenvalue weighted by molar-refractivity contribution is 6.11. The molecule has 0 spiro atoms. The van der Waals surface area contributed by atoms with Crippen molar-refractivity contribution in [2.45, 2.75) is 67.2 Å². The molecule has 0 unspecified atom stereocenters. The van der Waals surface area contributed by atoms with E-state index in [1.165, 1.54) is 0 Å². The average Bonchev–Trinajstić information content (AvgIpc) is 2.34. The first-order valence-corrected chi connectivity index (χ1v) is 7.47. The molecule has 0 heterocycles. The lowest BCUT2D eigenvalue weighted by Crippen LogP contribution is -2.50. The van der Waals surface area contributed by atoms with Crippen molar-refractivity contribution in [3.8, 4) is 0 Å². The van der Waals surface area contributed by atoms with Gasteiger partial charge >= 0.3 is 0 Å². The van der Waals surface area contributed by atoms with Crippen molar-refractivity contribution in [1.29, 1.82) is 0 Å². The van der Waals surface area contributed by atoms with Gasteiger partial charge in [0, 0.05) is 11.8 Å². The molecule has 0 radical (unpaired) electrons. The number of hydrogen-bond acceptors (Lipinski definition) is 2. The minimum atomic E-state index is -0.837. The van der Waals surface area contributed by atoms with Gasteiger partial charge in [-0.2, -0.15) is 0 Å². The minimum Gasteiger partial charge on any atom is -0.299 e. The van der Waals surface area contributed by atoms with E-state index in [0.717, 1.165) is 11.1 Å². The molecule has 0 aromatic heterocycles. The number of carbonyl (C=O) groups is 2. The van der Waals surface area contributed by atoms with E-state index in [2.05, 4.69) is 0 Å². The summed E-state index contributed by atoms with van der Waals surface area (Å²) >= 11 is 0. The molecule has 0 N–H and O–H groups in total. The second-order valence-corrected chi connectivity index (χ2v) is 7.19. The highest BCUT2D eigenvalue weighted by Gasteiger charge is 2.52. The minimum absolute atomic E-state index is 0.122. The standard InChI is InChI=1S/C18H28O2/c1-13(2)7-11-18(12-8-14(3)4)15(19)9-10-17(5,6)16(18)20/h7-8H,9-12H2,1-6H3. The maximum atomic E-state index is 12.9. The zero-order valence-electron chi connectivity index (χ0n) is 13.8. The molecule has 0 saturated heterocycles. The Morgan fingerprint density at radius 1 is 1.00 bits per heavy atom. The molecule has 0 atom stereocenters. The summed E-state index contributed by atoms with van der Waals surface area (Å²) in [5.41, 5.74) is 1.09. The number of carbonyl (C=O) groups excluding carboxylic acids is 2. The maximum Gasteiger partial charge on any atom is 0.152 e. The normalized spacial score (nSPS) is 20.5. The molecule has 112 valence electrons. The van der Waals surface area contributed by atoms with Crippen molar-refractivity contribution in [2.75, 3.05) is 0 Å². The predicted molar refractivity (Wildman–Crippen MR) is 83.6 cm³/mol. The van der Waals surface area contributed by atoms with Gasteiger partial charge < -0.3 is 0 Å². The Hall–Kier alpha value is -1.18. The predicted octanol–water partition coefficient (Wildman–Crippen LogP) is 4.64. The van der Waals surface area contributed by atoms with Crippen molar-refractivity contribution >= 4 is 11.6 Å². The lowest BCUT2D eigenvalue weighted by molar-refractivity contribution is -0.151. The Bertz CT molecular complexity index is 436. The van der Waals surface area contributed by atoms with Crippen LogP contribution < -0.4 is 0 Å². The third kappa shape index (κ3) is 3.47. The first-order chi connectivity index (χ1) is 9.12.